The molecule has 3 aromatic heterocycles. The number of benzene rings is 1. The second-order valence-corrected chi connectivity index (χ2v) is 8.32. The van der Waals surface area contributed by atoms with Crippen LogP contribution in [0.4, 0.5) is 14.5 Å². The molecule has 34 heavy (non-hydrogen) atoms. The summed E-state index contributed by atoms with van der Waals surface area (Å²) in [7, 11) is 1.46. The third-order valence-electron chi connectivity index (χ3n) is 6.13. The normalized spacial score (nSPS) is 14.8. The van der Waals surface area contributed by atoms with Crippen LogP contribution in [-0.2, 0) is 6.54 Å². The van der Waals surface area contributed by atoms with Crippen LogP contribution in [0.25, 0.3) is 16.6 Å². The van der Waals surface area contributed by atoms with E-state index in [1.165, 1.54) is 17.6 Å². The minimum Gasteiger partial charge on any atom is -0.365 e. The fraction of sp³-hybridized carbons (Fsp3) is 0.304. The van der Waals surface area contributed by atoms with Crippen molar-refractivity contribution >= 4 is 28.1 Å². The first-order valence-electron chi connectivity index (χ1n) is 10.9. The highest BCUT2D eigenvalue weighted by atomic mass is 19.1. The van der Waals surface area contributed by atoms with Crippen molar-refractivity contribution in [3.63, 3.8) is 0 Å². The zero-order valence-electron chi connectivity index (χ0n) is 18.7. The van der Waals surface area contributed by atoms with Crippen molar-refractivity contribution < 1.29 is 13.6 Å². The van der Waals surface area contributed by atoms with E-state index in [4.69, 9.17) is 0 Å². The van der Waals surface area contributed by atoms with E-state index in [2.05, 4.69) is 25.3 Å². The van der Waals surface area contributed by atoms with Gasteiger partial charge in [0.25, 0.3) is 11.5 Å². The Labute approximate surface area is 193 Å². The Bertz CT molecular complexity index is 1470. The lowest BCUT2D eigenvalue weighted by atomic mass is 10.1. The zero-order chi connectivity index (χ0) is 24.0. The number of aromatic nitrogens is 4. The maximum atomic E-state index is 15.3. The number of aryl methyl sites for hydroxylation is 1. The number of hydrogen-bond donors (Lipinski definition) is 2. The highest BCUT2D eigenvalue weighted by Crippen LogP contribution is 2.23. The number of halogens is 2. The number of hydrogen-bond acceptors (Lipinski definition) is 6. The number of amides is 1. The Kier molecular flexibility index (Phi) is 5.48. The summed E-state index contributed by atoms with van der Waals surface area (Å²) in [5.74, 6) is -1.62. The van der Waals surface area contributed by atoms with Gasteiger partial charge in [-0.05, 0) is 31.2 Å². The standard InChI is InChI=1S/C23H23F2N7O2/c1-13-11-18-23(34)28-20-16(32(18)29-13)5-3-14(19(20)24)12-30-7-9-31(10-8-30)17-6-4-15(22(33)26-2)27-21(17)25/h3-6,11H,7-10,12H2,1-2H3,(H,26,33)(H,28,34). The van der Waals surface area contributed by atoms with Crippen molar-refractivity contribution in [1.29, 1.82) is 0 Å². The monoisotopic (exact) mass is 467 g/mol. The van der Waals surface area contributed by atoms with Crippen LogP contribution in [0.2, 0.25) is 0 Å². The first-order valence-corrected chi connectivity index (χ1v) is 10.9. The first-order chi connectivity index (χ1) is 16.4. The van der Waals surface area contributed by atoms with E-state index >= 15 is 4.39 Å². The second kappa shape index (κ2) is 8.49. The zero-order valence-corrected chi connectivity index (χ0v) is 18.7. The molecule has 1 saturated heterocycles. The van der Waals surface area contributed by atoms with Gasteiger partial charge in [-0.1, -0.05) is 6.07 Å². The SMILES string of the molecule is CNC(=O)c1ccc(N2CCN(Cc3ccc4c([nH]c(=O)c5cc(C)nn54)c3F)CC2)c(F)n1. The lowest BCUT2D eigenvalue weighted by Crippen LogP contribution is -2.46. The smallest absolute Gasteiger partial charge is 0.274 e. The molecule has 176 valence electrons. The topological polar surface area (TPSA) is 98.6 Å². The summed E-state index contributed by atoms with van der Waals surface area (Å²) in [6, 6.07) is 8.18. The third-order valence-corrected chi connectivity index (χ3v) is 6.13. The van der Waals surface area contributed by atoms with Gasteiger partial charge in [-0.25, -0.2) is 13.9 Å². The quantitative estimate of drug-likeness (QED) is 0.445. The molecular weight excluding hydrogens is 444 g/mol. The van der Waals surface area contributed by atoms with Gasteiger partial charge < -0.3 is 15.2 Å². The van der Waals surface area contributed by atoms with Crippen LogP contribution in [0.15, 0.2) is 35.1 Å². The molecule has 0 unspecified atom stereocenters. The van der Waals surface area contributed by atoms with Gasteiger partial charge >= 0.3 is 0 Å². The Balaban J connectivity index is 1.32. The molecule has 0 aliphatic carbocycles. The van der Waals surface area contributed by atoms with Crippen LogP contribution in [-0.4, -0.2) is 63.6 Å². The molecule has 1 amide bonds. The van der Waals surface area contributed by atoms with Gasteiger partial charge in [0.05, 0.1) is 16.9 Å². The molecule has 1 aliphatic rings. The van der Waals surface area contributed by atoms with Crippen molar-refractivity contribution in [1.82, 2.24) is 29.8 Å². The lowest BCUT2D eigenvalue weighted by Gasteiger charge is -2.36. The number of carbonyl (C=O) groups excluding carboxylic acids is 1. The fourth-order valence-corrected chi connectivity index (χ4v) is 4.35. The molecule has 2 N–H and O–H groups in total. The maximum Gasteiger partial charge on any atom is 0.274 e. The van der Waals surface area contributed by atoms with E-state index in [9.17, 15) is 14.0 Å². The Morgan fingerprint density at radius 2 is 1.88 bits per heavy atom. The summed E-state index contributed by atoms with van der Waals surface area (Å²) in [6.07, 6.45) is 0. The lowest BCUT2D eigenvalue weighted by molar-refractivity contribution is 0.0957. The molecule has 4 aromatic rings. The molecule has 0 bridgehead atoms. The van der Waals surface area contributed by atoms with Crippen molar-refractivity contribution in [2.45, 2.75) is 13.5 Å². The molecule has 9 nitrogen and oxygen atoms in total. The van der Waals surface area contributed by atoms with Gasteiger partial charge in [0.15, 0.2) is 5.82 Å². The molecule has 1 aromatic carbocycles. The Hall–Kier alpha value is -3.86. The molecule has 0 atom stereocenters. The highest BCUT2D eigenvalue weighted by Gasteiger charge is 2.23. The van der Waals surface area contributed by atoms with Gasteiger partial charge in [0, 0.05) is 45.3 Å². The molecule has 1 aliphatic heterocycles. The van der Waals surface area contributed by atoms with E-state index in [0.717, 1.165) is 0 Å². The van der Waals surface area contributed by atoms with E-state index < -0.39 is 23.2 Å². The van der Waals surface area contributed by atoms with Crippen molar-refractivity contribution in [3.05, 3.63) is 69.4 Å². The predicted molar refractivity (Wildman–Crippen MR) is 123 cm³/mol. The summed E-state index contributed by atoms with van der Waals surface area (Å²) in [6.45, 7) is 4.35. The van der Waals surface area contributed by atoms with Crippen molar-refractivity contribution in [2.75, 3.05) is 38.1 Å². The largest absolute Gasteiger partial charge is 0.365 e. The van der Waals surface area contributed by atoms with E-state index in [1.807, 2.05) is 4.90 Å². The number of fused-ring (bicyclic) bond motifs is 3. The average Bonchev–Trinajstić information content (AvgIpc) is 3.24. The molecule has 0 spiro atoms. The number of rotatable bonds is 4. The summed E-state index contributed by atoms with van der Waals surface area (Å²) < 4.78 is 31.3. The van der Waals surface area contributed by atoms with Crippen molar-refractivity contribution in [3.8, 4) is 0 Å². The number of piperazine rings is 1. The Morgan fingerprint density at radius 1 is 1.12 bits per heavy atom. The summed E-state index contributed by atoms with van der Waals surface area (Å²) in [5, 5.41) is 6.73. The minimum atomic E-state index is -0.695. The fourth-order valence-electron chi connectivity index (χ4n) is 4.35. The van der Waals surface area contributed by atoms with E-state index in [-0.39, 0.29) is 11.2 Å². The maximum absolute atomic E-state index is 15.3. The molecule has 0 saturated carbocycles. The summed E-state index contributed by atoms with van der Waals surface area (Å²) >= 11 is 0. The molecule has 4 heterocycles. The minimum absolute atomic E-state index is 0.0229. The van der Waals surface area contributed by atoms with Crippen LogP contribution >= 0.6 is 0 Å². The first kappa shape index (κ1) is 22.0. The Morgan fingerprint density at radius 3 is 2.59 bits per heavy atom. The molecule has 1 fully saturated rings. The number of carbonyl (C=O) groups is 1. The molecule has 5 rings (SSSR count). The molecule has 11 heteroatoms. The van der Waals surface area contributed by atoms with Crippen LogP contribution < -0.4 is 15.8 Å². The van der Waals surface area contributed by atoms with Gasteiger partial charge in [-0.3, -0.25) is 14.5 Å². The number of aromatic amines is 1. The van der Waals surface area contributed by atoms with E-state index in [0.29, 0.717) is 60.7 Å². The van der Waals surface area contributed by atoms with Crippen molar-refractivity contribution in [2.24, 2.45) is 0 Å². The van der Waals surface area contributed by atoms with Gasteiger partial charge in [-0.15, -0.1) is 0 Å². The summed E-state index contributed by atoms with van der Waals surface area (Å²) in [4.78, 5) is 34.4. The highest BCUT2D eigenvalue weighted by molar-refractivity contribution is 5.92. The number of pyridine rings is 1. The number of anilines is 1. The van der Waals surface area contributed by atoms with Gasteiger partial charge in [0.2, 0.25) is 5.95 Å². The average molecular weight is 467 g/mol. The van der Waals surface area contributed by atoms with Gasteiger partial charge in [0.1, 0.15) is 16.7 Å². The molecule has 0 radical (unpaired) electrons. The predicted octanol–water partition coefficient (Wildman–Crippen LogP) is 1.84. The van der Waals surface area contributed by atoms with E-state index in [1.54, 1.807) is 31.2 Å². The molecular formula is C23H23F2N7O2. The number of nitrogens with zero attached hydrogens (tertiary/aromatic N) is 5. The summed E-state index contributed by atoms with van der Waals surface area (Å²) in [5.41, 5.74) is 2.10. The third kappa shape index (κ3) is 3.77. The number of nitrogens with one attached hydrogen (secondary N) is 2. The van der Waals surface area contributed by atoms with Crippen LogP contribution in [0.3, 0.4) is 0 Å². The van der Waals surface area contributed by atoms with Crippen LogP contribution in [0.5, 0.6) is 0 Å². The number of H-pyrrole nitrogens is 1. The van der Waals surface area contributed by atoms with Gasteiger partial charge in [-0.2, -0.15) is 9.49 Å². The van der Waals surface area contributed by atoms with Crippen LogP contribution in [0.1, 0.15) is 21.7 Å². The second-order valence-electron chi connectivity index (χ2n) is 8.32. The van der Waals surface area contributed by atoms with Crippen LogP contribution in [0, 0.1) is 18.7 Å².